The molecule has 0 unspecified atom stereocenters. The largest absolute Gasteiger partial charge is 0.345 e. The van der Waals surface area contributed by atoms with Crippen molar-refractivity contribution >= 4 is 11.3 Å². The lowest BCUT2D eigenvalue weighted by molar-refractivity contribution is 0.566. The monoisotopic (exact) mass is 275 g/mol. The molecule has 4 heteroatoms. The highest BCUT2D eigenvalue weighted by Gasteiger charge is 2.20. The summed E-state index contributed by atoms with van der Waals surface area (Å²) in [5.74, 6) is 1.15. The van der Waals surface area contributed by atoms with Gasteiger partial charge >= 0.3 is 0 Å². The number of nitrogens with one attached hydrogen (secondary N) is 2. The molecule has 0 saturated carbocycles. The molecule has 19 heavy (non-hydrogen) atoms. The SMILES string of the molecule is CC(C)NCCCc1nc2c([nH]1)CCc1sccc1-2. The normalized spacial score (nSPS) is 13.6. The van der Waals surface area contributed by atoms with Crippen LogP contribution in [0.4, 0.5) is 0 Å². The van der Waals surface area contributed by atoms with Crippen LogP contribution in [0.15, 0.2) is 11.4 Å². The number of nitrogens with zero attached hydrogens (tertiary/aromatic N) is 1. The molecule has 0 atom stereocenters. The Balaban J connectivity index is 1.67. The average molecular weight is 275 g/mol. The van der Waals surface area contributed by atoms with Gasteiger partial charge in [0.2, 0.25) is 0 Å². The van der Waals surface area contributed by atoms with Gasteiger partial charge in [-0.25, -0.2) is 4.98 Å². The molecule has 0 saturated heterocycles. The highest BCUT2D eigenvalue weighted by atomic mass is 32.1. The maximum atomic E-state index is 4.80. The molecule has 0 bridgehead atoms. The summed E-state index contributed by atoms with van der Waals surface area (Å²) in [4.78, 5) is 9.82. The van der Waals surface area contributed by atoms with E-state index in [1.807, 2.05) is 11.3 Å². The maximum Gasteiger partial charge on any atom is 0.107 e. The molecule has 1 aliphatic carbocycles. The number of H-pyrrole nitrogens is 1. The molecular formula is C15H21N3S. The van der Waals surface area contributed by atoms with Crippen molar-refractivity contribution in [2.24, 2.45) is 0 Å². The molecule has 0 fully saturated rings. The van der Waals surface area contributed by atoms with Crippen LogP contribution in [0.5, 0.6) is 0 Å². The summed E-state index contributed by atoms with van der Waals surface area (Å²) in [6.45, 7) is 5.43. The molecular weight excluding hydrogens is 254 g/mol. The first-order valence-electron chi connectivity index (χ1n) is 7.12. The molecule has 0 spiro atoms. The zero-order valence-electron chi connectivity index (χ0n) is 11.6. The Bertz CT molecular complexity index is 553. The fraction of sp³-hybridized carbons (Fsp3) is 0.533. The van der Waals surface area contributed by atoms with Crippen molar-refractivity contribution in [2.45, 2.75) is 45.6 Å². The van der Waals surface area contributed by atoms with Gasteiger partial charge in [-0.3, -0.25) is 0 Å². The summed E-state index contributed by atoms with van der Waals surface area (Å²) < 4.78 is 0. The van der Waals surface area contributed by atoms with E-state index in [-0.39, 0.29) is 0 Å². The fourth-order valence-corrected chi connectivity index (χ4v) is 3.50. The second-order valence-corrected chi connectivity index (χ2v) is 6.48. The third-order valence-corrected chi connectivity index (χ3v) is 4.55. The van der Waals surface area contributed by atoms with E-state index in [1.54, 1.807) is 0 Å². The van der Waals surface area contributed by atoms with Crippen LogP contribution >= 0.6 is 11.3 Å². The standard InChI is InChI=1S/C15H21N3S/c1-10(2)16-8-3-4-14-17-12-5-6-13-11(7-9-19-13)15(12)18-14/h7,9-10,16H,3-6,8H2,1-2H3,(H,17,18). The molecule has 0 aromatic carbocycles. The minimum atomic E-state index is 0.568. The van der Waals surface area contributed by atoms with E-state index >= 15 is 0 Å². The Labute approximate surface area is 118 Å². The van der Waals surface area contributed by atoms with Gasteiger partial charge in [0.25, 0.3) is 0 Å². The van der Waals surface area contributed by atoms with Crippen LogP contribution in [0.1, 0.15) is 36.7 Å². The quantitative estimate of drug-likeness (QED) is 0.823. The first kappa shape index (κ1) is 12.9. The van der Waals surface area contributed by atoms with Gasteiger partial charge in [-0.1, -0.05) is 13.8 Å². The minimum absolute atomic E-state index is 0.568. The first-order chi connectivity index (χ1) is 9.24. The summed E-state index contributed by atoms with van der Waals surface area (Å²) in [6.07, 6.45) is 4.45. The lowest BCUT2D eigenvalue weighted by Crippen LogP contribution is -2.24. The van der Waals surface area contributed by atoms with Crippen LogP contribution in [0.2, 0.25) is 0 Å². The van der Waals surface area contributed by atoms with Crippen molar-refractivity contribution in [2.75, 3.05) is 6.54 Å². The van der Waals surface area contributed by atoms with Crippen LogP contribution in [0, 0.1) is 0 Å². The lowest BCUT2D eigenvalue weighted by Gasteiger charge is -2.09. The van der Waals surface area contributed by atoms with Gasteiger partial charge in [-0.15, -0.1) is 11.3 Å². The molecule has 1 aliphatic rings. The molecule has 2 aromatic rings. The molecule has 2 N–H and O–H groups in total. The number of hydrogen-bond donors (Lipinski definition) is 2. The lowest BCUT2D eigenvalue weighted by atomic mass is 10.0. The average Bonchev–Trinajstić information content (AvgIpc) is 2.99. The summed E-state index contributed by atoms with van der Waals surface area (Å²) >= 11 is 1.86. The van der Waals surface area contributed by atoms with Crippen molar-refractivity contribution in [1.29, 1.82) is 0 Å². The molecule has 2 aromatic heterocycles. The summed E-state index contributed by atoms with van der Waals surface area (Å²) in [6, 6.07) is 2.78. The fourth-order valence-electron chi connectivity index (χ4n) is 2.62. The van der Waals surface area contributed by atoms with Crippen LogP contribution in [-0.2, 0) is 19.3 Å². The predicted octanol–water partition coefficient (Wildman–Crippen LogP) is 3.17. The van der Waals surface area contributed by atoms with E-state index in [2.05, 4.69) is 35.6 Å². The number of hydrogen-bond acceptors (Lipinski definition) is 3. The number of rotatable bonds is 5. The predicted molar refractivity (Wildman–Crippen MR) is 80.8 cm³/mol. The maximum absolute atomic E-state index is 4.80. The van der Waals surface area contributed by atoms with E-state index in [0.29, 0.717) is 6.04 Å². The third-order valence-electron chi connectivity index (χ3n) is 3.57. The van der Waals surface area contributed by atoms with E-state index in [0.717, 1.165) is 38.1 Å². The Kier molecular flexibility index (Phi) is 3.71. The summed E-state index contributed by atoms with van der Waals surface area (Å²) in [5, 5.41) is 5.63. The first-order valence-corrected chi connectivity index (χ1v) is 8.00. The molecule has 102 valence electrons. The zero-order valence-corrected chi connectivity index (χ0v) is 12.4. The van der Waals surface area contributed by atoms with Gasteiger partial charge in [0.1, 0.15) is 5.82 Å². The molecule has 2 heterocycles. The minimum Gasteiger partial charge on any atom is -0.345 e. The van der Waals surface area contributed by atoms with E-state index in [4.69, 9.17) is 4.98 Å². The van der Waals surface area contributed by atoms with Crippen molar-refractivity contribution in [3.8, 4) is 11.3 Å². The highest BCUT2D eigenvalue weighted by molar-refractivity contribution is 7.10. The van der Waals surface area contributed by atoms with Crippen molar-refractivity contribution in [1.82, 2.24) is 15.3 Å². The zero-order chi connectivity index (χ0) is 13.2. The Hall–Kier alpha value is -1.13. The van der Waals surface area contributed by atoms with Crippen LogP contribution in [-0.4, -0.2) is 22.6 Å². The Morgan fingerprint density at radius 2 is 2.32 bits per heavy atom. The van der Waals surface area contributed by atoms with Gasteiger partial charge in [0.15, 0.2) is 0 Å². The van der Waals surface area contributed by atoms with Gasteiger partial charge in [-0.05, 0) is 37.3 Å². The number of imidazole rings is 1. The van der Waals surface area contributed by atoms with Gasteiger partial charge in [0, 0.05) is 28.6 Å². The van der Waals surface area contributed by atoms with E-state index in [1.165, 1.54) is 21.8 Å². The second kappa shape index (κ2) is 5.47. The van der Waals surface area contributed by atoms with Crippen LogP contribution in [0.25, 0.3) is 11.3 Å². The van der Waals surface area contributed by atoms with E-state index in [9.17, 15) is 0 Å². The number of fused-ring (bicyclic) bond motifs is 3. The second-order valence-electron chi connectivity index (χ2n) is 5.48. The number of thiophene rings is 1. The van der Waals surface area contributed by atoms with Gasteiger partial charge < -0.3 is 10.3 Å². The molecule has 0 aliphatic heterocycles. The summed E-state index contributed by atoms with van der Waals surface area (Å²) in [7, 11) is 0. The number of aromatic nitrogens is 2. The van der Waals surface area contributed by atoms with Crippen molar-refractivity contribution in [3.63, 3.8) is 0 Å². The van der Waals surface area contributed by atoms with Gasteiger partial charge in [0.05, 0.1) is 5.69 Å². The molecule has 0 amide bonds. The Morgan fingerprint density at radius 3 is 3.16 bits per heavy atom. The highest BCUT2D eigenvalue weighted by Crippen LogP contribution is 2.35. The molecule has 3 rings (SSSR count). The van der Waals surface area contributed by atoms with Crippen molar-refractivity contribution in [3.05, 3.63) is 27.8 Å². The molecule has 3 nitrogen and oxygen atoms in total. The smallest absolute Gasteiger partial charge is 0.107 e. The third kappa shape index (κ3) is 2.74. The van der Waals surface area contributed by atoms with Crippen LogP contribution < -0.4 is 5.32 Å². The van der Waals surface area contributed by atoms with Gasteiger partial charge in [-0.2, -0.15) is 0 Å². The summed E-state index contributed by atoms with van der Waals surface area (Å²) in [5.41, 5.74) is 3.89. The van der Waals surface area contributed by atoms with Crippen molar-refractivity contribution < 1.29 is 0 Å². The number of aryl methyl sites for hydroxylation is 3. The van der Waals surface area contributed by atoms with Crippen LogP contribution in [0.3, 0.4) is 0 Å². The topological polar surface area (TPSA) is 40.7 Å². The number of aromatic amines is 1. The van der Waals surface area contributed by atoms with E-state index < -0.39 is 0 Å². The molecule has 0 radical (unpaired) electrons. The Morgan fingerprint density at radius 1 is 1.42 bits per heavy atom.